The van der Waals surface area contributed by atoms with E-state index < -0.39 is 11.1 Å². The van der Waals surface area contributed by atoms with Crippen molar-refractivity contribution in [2.75, 3.05) is 6.54 Å². The quantitative estimate of drug-likeness (QED) is 0.804. The van der Waals surface area contributed by atoms with Crippen molar-refractivity contribution < 1.29 is 19.5 Å². The van der Waals surface area contributed by atoms with E-state index in [1.807, 2.05) is 30.3 Å². The summed E-state index contributed by atoms with van der Waals surface area (Å²) < 4.78 is 0. The van der Waals surface area contributed by atoms with Gasteiger partial charge in [0.05, 0.1) is 11.0 Å². The zero-order chi connectivity index (χ0) is 17.8. The molecule has 25 heavy (non-hydrogen) atoms. The average Bonchev–Trinajstić information content (AvgIpc) is 2.85. The van der Waals surface area contributed by atoms with E-state index in [0.29, 0.717) is 30.6 Å². The molecule has 3 amide bonds. The van der Waals surface area contributed by atoms with Crippen LogP contribution in [-0.4, -0.2) is 45.8 Å². The normalized spacial score (nSPS) is 25.5. The SMILES string of the molecule is O=C(CN1C(=O)S/C(=C/c2ccccc2)C1=O)NC1CCC(O)CC1. The lowest BCUT2D eigenvalue weighted by molar-refractivity contribution is -0.129. The summed E-state index contributed by atoms with van der Waals surface area (Å²) in [7, 11) is 0. The maximum atomic E-state index is 12.4. The minimum Gasteiger partial charge on any atom is -0.393 e. The molecule has 0 spiro atoms. The number of aliphatic hydroxyl groups is 1. The predicted octanol–water partition coefficient (Wildman–Crippen LogP) is 2.14. The Morgan fingerprint density at radius 2 is 1.88 bits per heavy atom. The molecule has 2 N–H and O–H groups in total. The summed E-state index contributed by atoms with van der Waals surface area (Å²) in [6.45, 7) is -0.268. The highest BCUT2D eigenvalue weighted by Crippen LogP contribution is 2.32. The van der Waals surface area contributed by atoms with Gasteiger partial charge in [0, 0.05) is 6.04 Å². The second-order valence-corrected chi connectivity index (χ2v) is 7.24. The molecule has 2 aliphatic rings. The number of nitrogens with zero attached hydrogens (tertiary/aromatic N) is 1. The highest BCUT2D eigenvalue weighted by molar-refractivity contribution is 8.18. The maximum absolute atomic E-state index is 12.4. The first-order chi connectivity index (χ1) is 12.0. The summed E-state index contributed by atoms with van der Waals surface area (Å²) in [4.78, 5) is 37.9. The first kappa shape index (κ1) is 17.7. The van der Waals surface area contributed by atoms with Crippen LogP contribution in [0.5, 0.6) is 0 Å². The van der Waals surface area contributed by atoms with Gasteiger partial charge in [-0.15, -0.1) is 0 Å². The van der Waals surface area contributed by atoms with Crippen molar-refractivity contribution in [3.63, 3.8) is 0 Å². The number of benzene rings is 1. The molecule has 132 valence electrons. The van der Waals surface area contributed by atoms with E-state index in [4.69, 9.17) is 0 Å². The molecular formula is C18H20N2O4S. The fraction of sp³-hybridized carbons (Fsp3) is 0.389. The molecule has 0 unspecified atom stereocenters. The number of aliphatic hydroxyl groups excluding tert-OH is 1. The van der Waals surface area contributed by atoms with E-state index in [1.54, 1.807) is 6.08 Å². The third-order valence-corrected chi connectivity index (χ3v) is 5.24. The highest BCUT2D eigenvalue weighted by Gasteiger charge is 2.36. The van der Waals surface area contributed by atoms with E-state index in [9.17, 15) is 19.5 Å². The van der Waals surface area contributed by atoms with Crippen molar-refractivity contribution in [2.24, 2.45) is 0 Å². The second kappa shape index (κ2) is 7.84. The monoisotopic (exact) mass is 360 g/mol. The largest absolute Gasteiger partial charge is 0.393 e. The van der Waals surface area contributed by atoms with Gasteiger partial charge in [-0.05, 0) is 49.1 Å². The van der Waals surface area contributed by atoms with Gasteiger partial charge in [0.15, 0.2) is 0 Å². The van der Waals surface area contributed by atoms with Crippen molar-refractivity contribution in [1.29, 1.82) is 0 Å². The van der Waals surface area contributed by atoms with Gasteiger partial charge in [-0.2, -0.15) is 0 Å². The fourth-order valence-corrected chi connectivity index (χ4v) is 3.81. The minimum atomic E-state index is -0.437. The molecule has 1 aliphatic carbocycles. The Kier molecular flexibility index (Phi) is 5.55. The summed E-state index contributed by atoms with van der Waals surface area (Å²) in [5.41, 5.74) is 0.832. The van der Waals surface area contributed by atoms with Crippen LogP contribution >= 0.6 is 11.8 Å². The van der Waals surface area contributed by atoms with Crippen LogP contribution in [0.2, 0.25) is 0 Å². The number of carbonyl (C=O) groups is 3. The molecule has 1 aromatic rings. The van der Waals surface area contributed by atoms with Crippen LogP contribution in [0.15, 0.2) is 35.2 Å². The van der Waals surface area contributed by atoms with Gasteiger partial charge in [-0.1, -0.05) is 30.3 Å². The summed E-state index contributed by atoms with van der Waals surface area (Å²) in [5, 5.41) is 11.9. The minimum absolute atomic E-state index is 0.00399. The van der Waals surface area contributed by atoms with Crippen LogP contribution in [0.3, 0.4) is 0 Å². The molecule has 0 aromatic heterocycles. The Labute approximate surface area is 150 Å². The molecule has 0 radical (unpaired) electrons. The zero-order valence-electron chi connectivity index (χ0n) is 13.7. The third kappa shape index (κ3) is 4.49. The topological polar surface area (TPSA) is 86.7 Å². The first-order valence-corrected chi connectivity index (χ1v) is 9.12. The molecule has 0 bridgehead atoms. The second-order valence-electron chi connectivity index (χ2n) is 6.25. The van der Waals surface area contributed by atoms with E-state index in [1.165, 1.54) is 0 Å². The van der Waals surface area contributed by atoms with Gasteiger partial charge in [0.2, 0.25) is 5.91 Å². The Bertz CT molecular complexity index is 696. The molecule has 1 saturated carbocycles. The number of thioether (sulfide) groups is 1. The number of rotatable bonds is 4. The van der Waals surface area contributed by atoms with Gasteiger partial charge in [0.25, 0.3) is 11.1 Å². The average molecular weight is 360 g/mol. The van der Waals surface area contributed by atoms with E-state index in [-0.39, 0.29) is 24.6 Å². The molecule has 0 atom stereocenters. The molecule has 1 aromatic carbocycles. The standard InChI is InChI=1S/C18H20N2O4S/c21-14-8-6-13(7-9-14)19-16(22)11-20-17(23)15(25-18(20)24)10-12-4-2-1-3-5-12/h1-5,10,13-14,21H,6-9,11H2,(H,19,22)/b15-10+. The van der Waals surface area contributed by atoms with Crippen molar-refractivity contribution in [1.82, 2.24) is 10.2 Å². The Morgan fingerprint density at radius 1 is 1.20 bits per heavy atom. The summed E-state index contributed by atoms with van der Waals surface area (Å²) in [6, 6.07) is 9.26. The van der Waals surface area contributed by atoms with Crippen LogP contribution in [0.25, 0.3) is 6.08 Å². The Hall–Kier alpha value is -2.12. The fourth-order valence-electron chi connectivity index (χ4n) is 2.97. The number of hydrogen-bond acceptors (Lipinski definition) is 5. The lowest BCUT2D eigenvalue weighted by atomic mass is 9.93. The molecular weight excluding hydrogens is 340 g/mol. The van der Waals surface area contributed by atoms with Gasteiger partial charge in [-0.3, -0.25) is 19.3 Å². The molecule has 1 heterocycles. The van der Waals surface area contributed by atoms with E-state index in [0.717, 1.165) is 22.2 Å². The lowest BCUT2D eigenvalue weighted by Crippen LogP contribution is -2.45. The number of carbonyl (C=O) groups excluding carboxylic acids is 3. The highest BCUT2D eigenvalue weighted by atomic mass is 32.2. The smallest absolute Gasteiger partial charge is 0.294 e. The number of nitrogens with one attached hydrogen (secondary N) is 1. The van der Waals surface area contributed by atoms with Crippen LogP contribution in [-0.2, 0) is 9.59 Å². The van der Waals surface area contributed by atoms with Crippen LogP contribution in [0.1, 0.15) is 31.2 Å². The van der Waals surface area contributed by atoms with Gasteiger partial charge < -0.3 is 10.4 Å². The van der Waals surface area contributed by atoms with Crippen molar-refractivity contribution in [3.8, 4) is 0 Å². The maximum Gasteiger partial charge on any atom is 0.294 e. The van der Waals surface area contributed by atoms with Crippen LogP contribution < -0.4 is 5.32 Å². The van der Waals surface area contributed by atoms with Gasteiger partial charge in [-0.25, -0.2) is 0 Å². The van der Waals surface area contributed by atoms with Gasteiger partial charge in [0.1, 0.15) is 6.54 Å². The predicted molar refractivity (Wildman–Crippen MR) is 95.5 cm³/mol. The molecule has 3 rings (SSSR count). The van der Waals surface area contributed by atoms with E-state index >= 15 is 0 Å². The number of imide groups is 1. The summed E-state index contributed by atoms with van der Waals surface area (Å²) in [5.74, 6) is -0.780. The number of hydrogen-bond donors (Lipinski definition) is 2. The van der Waals surface area contributed by atoms with Gasteiger partial charge >= 0.3 is 0 Å². The Morgan fingerprint density at radius 3 is 2.56 bits per heavy atom. The molecule has 1 aliphatic heterocycles. The Balaban J connectivity index is 1.59. The molecule has 1 saturated heterocycles. The zero-order valence-corrected chi connectivity index (χ0v) is 14.5. The molecule has 7 heteroatoms. The lowest BCUT2D eigenvalue weighted by Gasteiger charge is -2.26. The first-order valence-electron chi connectivity index (χ1n) is 8.31. The van der Waals surface area contributed by atoms with E-state index in [2.05, 4.69) is 5.32 Å². The van der Waals surface area contributed by atoms with Crippen LogP contribution in [0, 0.1) is 0 Å². The van der Waals surface area contributed by atoms with Crippen LogP contribution in [0.4, 0.5) is 4.79 Å². The molecule has 6 nitrogen and oxygen atoms in total. The number of amides is 3. The van der Waals surface area contributed by atoms with Crippen molar-refractivity contribution in [3.05, 3.63) is 40.8 Å². The summed E-state index contributed by atoms with van der Waals surface area (Å²) in [6.07, 6.45) is 4.10. The van der Waals surface area contributed by atoms with Crippen molar-refractivity contribution in [2.45, 2.75) is 37.8 Å². The van der Waals surface area contributed by atoms with Crippen molar-refractivity contribution >= 4 is 34.9 Å². The molecule has 2 fully saturated rings. The third-order valence-electron chi connectivity index (χ3n) is 4.33. The summed E-state index contributed by atoms with van der Waals surface area (Å²) >= 11 is 0.850.